The second kappa shape index (κ2) is 6.05. The van der Waals surface area contributed by atoms with Crippen molar-refractivity contribution in [1.29, 1.82) is 0 Å². The third-order valence-corrected chi connectivity index (χ3v) is 0.926. The number of rotatable bonds is 4. The normalized spacial score (nSPS) is 8.71. The third kappa shape index (κ3) is 6.05. The molecule has 42 valence electrons. The Balaban J connectivity index is 2.56. The Hall–Kier alpha value is 0.0500. The van der Waals surface area contributed by atoms with Crippen molar-refractivity contribution in [2.24, 2.45) is 0 Å². The van der Waals surface area contributed by atoms with Gasteiger partial charge >= 0.3 is 0 Å². The first-order valence-corrected chi connectivity index (χ1v) is 3.33. The van der Waals surface area contributed by atoms with Gasteiger partial charge in [0.15, 0.2) is 0 Å². The number of hydrogen-bond donors (Lipinski definition) is 0. The summed E-state index contributed by atoms with van der Waals surface area (Å²) in [4.78, 5) is 0. The van der Waals surface area contributed by atoms with Crippen molar-refractivity contribution in [3.63, 3.8) is 0 Å². The van der Waals surface area contributed by atoms with Gasteiger partial charge in [-0.05, 0) is 18.5 Å². The first kappa shape index (κ1) is 7.05. The lowest BCUT2D eigenvalue weighted by atomic mass is 10.5. The van der Waals surface area contributed by atoms with Crippen LogP contribution < -0.4 is 0 Å². The van der Waals surface area contributed by atoms with Crippen LogP contribution in [0.25, 0.3) is 0 Å². The Morgan fingerprint density at radius 2 is 2.57 bits per heavy atom. The summed E-state index contributed by atoms with van der Waals surface area (Å²) in [5, 5.41) is 0. The third-order valence-electron chi connectivity index (χ3n) is 0.523. The predicted octanol–water partition coefficient (Wildman–Crippen LogP) is 1.86. The Kier molecular flexibility index (Phi) is 6.09. The maximum atomic E-state index is 4.92. The zero-order valence-corrected chi connectivity index (χ0v) is 5.33. The van der Waals surface area contributed by atoms with E-state index in [2.05, 4.69) is 6.58 Å². The Morgan fingerprint density at radius 1 is 1.86 bits per heavy atom. The van der Waals surface area contributed by atoms with Gasteiger partial charge in [0.2, 0.25) is 0 Å². The molecule has 1 nitrogen and oxygen atoms in total. The van der Waals surface area contributed by atoms with Gasteiger partial charge in [-0.3, -0.25) is 0 Å². The molecule has 0 bridgehead atoms. The van der Waals surface area contributed by atoms with E-state index in [1.54, 1.807) is 0 Å². The first-order chi connectivity index (χ1) is 3.41. The minimum Gasteiger partial charge on any atom is -0.315 e. The lowest BCUT2D eigenvalue weighted by molar-refractivity contribution is 0.385. The van der Waals surface area contributed by atoms with Crippen molar-refractivity contribution >= 4 is 12.0 Å². The first-order valence-electron chi connectivity index (χ1n) is 2.18. The molecule has 0 unspecified atom stereocenters. The van der Waals surface area contributed by atoms with Crippen LogP contribution in [0.2, 0.25) is 0 Å². The van der Waals surface area contributed by atoms with E-state index in [0.717, 1.165) is 13.0 Å². The zero-order valence-electron chi connectivity index (χ0n) is 4.52. The number of hydrogen-bond acceptors (Lipinski definition) is 2. The molecule has 0 amide bonds. The fraction of sp³-hybridized carbons (Fsp3) is 0.600. The van der Waals surface area contributed by atoms with Crippen LogP contribution in [0.4, 0.5) is 0 Å². The molecule has 0 spiro atoms. The van der Waals surface area contributed by atoms with E-state index in [0.29, 0.717) is 0 Å². The summed E-state index contributed by atoms with van der Waals surface area (Å²) >= 11 is 1.39. The van der Waals surface area contributed by atoms with Gasteiger partial charge in [-0.1, -0.05) is 6.08 Å². The lowest BCUT2D eigenvalue weighted by Gasteiger charge is -1.90. The van der Waals surface area contributed by atoms with Crippen LogP contribution >= 0.6 is 12.0 Å². The lowest BCUT2D eigenvalue weighted by Crippen LogP contribution is -1.79. The molecule has 0 fully saturated rings. The molecule has 0 aliphatic rings. The average Bonchev–Trinajstić information content (AvgIpc) is 1.69. The Morgan fingerprint density at radius 3 is 3.00 bits per heavy atom. The van der Waals surface area contributed by atoms with E-state index in [9.17, 15) is 0 Å². The minimum absolute atomic E-state index is 0.782. The summed E-state index contributed by atoms with van der Waals surface area (Å²) in [5.74, 6) is 0. The second-order valence-electron chi connectivity index (χ2n) is 1.07. The molecule has 0 aliphatic carbocycles. The predicted molar refractivity (Wildman–Crippen MR) is 34.3 cm³/mol. The fourth-order valence-corrected chi connectivity index (χ4v) is 0.478. The van der Waals surface area contributed by atoms with Crippen molar-refractivity contribution in [2.45, 2.75) is 6.42 Å². The van der Waals surface area contributed by atoms with Crippen molar-refractivity contribution in [2.75, 3.05) is 12.9 Å². The van der Waals surface area contributed by atoms with Gasteiger partial charge < -0.3 is 4.18 Å². The van der Waals surface area contributed by atoms with E-state index in [1.807, 2.05) is 12.3 Å². The van der Waals surface area contributed by atoms with Gasteiger partial charge in [-0.25, -0.2) is 0 Å². The highest BCUT2D eigenvalue weighted by atomic mass is 32.2. The smallest absolute Gasteiger partial charge is 0.0648 e. The molecular weight excluding hydrogens is 108 g/mol. The van der Waals surface area contributed by atoms with Gasteiger partial charge in [0.05, 0.1) is 6.61 Å². The van der Waals surface area contributed by atoms with Gasteiger partial charge in [-0.15, -0.1) is 6.58 Å². The highest BCUT2D eigenvalue weighted by Crippen LogP contribution is 1.94. The highest BCUT2D eigenvalue weighted by Gasteiger charge is 1.76. The molecule has 0 aromatic carbocycles. The molecule has 2 heteroatoms. The average molecular weight is 118 g/mol. The molecule has 0 saturated carbocycles. The molecule has 0 aromatic rings. The largest absolute Gasteiger partial charge is 0.315 e. The Bertz CT molecular complexity index is 45.3. The summed E-state index contributed by atoms with van der Waals surface area (Å²) in [6.07, 6.45) is 4.69. The monoisotopic (exact) mass is 118 g/mol. The summed E-state index contributed by atoms with van der Waals surface area (Å²) in [5.41, 5.74) is 0. The van der Waals surface area contributed by atoms with Crippen LogP contribution in [0, 0.1) is 0 Å². The van der Waals surface area contributed by atoms with Gasteiger partial charge in [0.25, 0.3) is 0 Å². The summed E-state index contributed by atoms with van der Waals surface area (Å²) < 4.78 is 4.92. The standard InChI is InChI=1S/C5H10OS/c1-3-4-5-6-7-2/h3H,1,4-5H2,2H3. The van der Waals surface area contributed by atoms with Crippen LogP contribution in [0.5, 0.6) is 0 Å². The van der Waals surface area contributed by atoms with E-state index in [4.69, 9.17) is 4.18 Å². The van der Waals surface area contributed by atoms with Crippen LogP contribution in [0.1, 0.15) is 6.42 Å². The van der Waals surface area contributed by atoms with Crippen LogP contribution in [0.3, 0.4) is 0 Å². The topological polar surface area (TPSA) is 9.23 Å². The van der Waals surface area contributed by atoms with Crippen LogP contribution in [0.15, 0.2) is 12.7 Å². The van der Waals surface area contributed by atoms with Gasteiger partial charge in [0, 0.05) is 6.26 Å². The van der Waals surface area contributed by atoms with E-state index < -0.39 is 0 Å². The molecule has 0 N–H and O–H groups in total. The van der Waals surface area contributed by atoms with E-state index >= 15 is 0 Å². The molecule has 0 saturated heterocycles. The second-order valence-corrected chi connectivity index (χ2v) is 1.64. The van der Waals surface area contributed by atoms with Crippen molar-refractivity contribution < 1.29 is 4.18 Å². The van der Waals surface area contributed by atoms with Crippen molar-refractivity contribution in [3.05, 3.63) is 12.7 Å². The van der Waals surface area contributed by atoms with Crippen LogP contribution in [-0.2, 0) is 4.18 Å². The summed E-state index contributed by atoms with van der Waals surface area (Å²) in [6.45, 7) is 4.33. The quantitative estimate of drug-likeness (QED) is 0.316. The van der Waals surface area contributed by atoms with Crippen molar-refractivity contribution in [3.8, 4) is 0 Å². The van der Waals surface area contributed by atoms with Crippen molar-refractivity contribution in [1.82, 2.24) is 0 Å². The summed E-state index contributed by atoms with van der Waals surface area (Å²) in [6, 6.07) is 0. The fourth-order valence-electron chi connectivity index (χ4n) is 0.215. The molecule has 0 heterocycles. The molecular formula is C5H10OS. The maximum absolute atomic E-state index is 4.92. The van der Waals surface area contributed by atoms with Gasteiger partial charge in [-0.2, -0.15) is 0 Å². The molecule has 0 radical (unpaired) electrons. The zero-order chi connectivity index (χ0) is 5.54. The Labute approximate surface area is 49.0 Å². The van der Waals surface area contributed by atoms with E-state index in [-0.39, 0.29) is 0 Å². The molecule has 0 aromatic heterocycles. The van der Waals surface area contributed by atoms with E-state index in [1.165, 1.54) is 12.0 Å². The molecule has 0 rings (SSSR count). The minimum atomic E-state index is 0.782. The highest BCUT2D eigenvalue weighted by molar-refractivity contribution is 7.93. The molecule has 7 heavy (non-hydrogen) atoms. The SMILES string of the molecule is C=CCCOSC. The van der Waals surface area contributed by atoms with Gasteiger partial charge in [0.1, 0.15) is 0 Å². The molecule has 0 atom stereocenters. The van der Waals surface area contributed by atoms with Crippen LogP contribution in [-0.4, -0.2) is 12.9 Å². The summed E-state index contributed by atoms with van der Waals surface area (Å²) in [7, 11) is 0. The molecule has 0 aliphatic heterocycles. The maximum Gasteiger partial charge on any atom is 0.0648 e.